The number of carbonyl (C=O) groups is 1. The van der Waals surface area contributed by atoms with Crippen molar-refractivity contribution in [3.63, 3.8) is 0 Å². The Bertz CT molecular complexity index is 1120. The zero-order valence-corrected chi connectivity index (χ0v) is 14.2. The second-order valence-electron chi connectivity index (χ2n) is 6.32. The fraction of sp³-hybridized carbons (Fsp3) is 0.158. The predicted molar refractivity (Wildman–Crippen MR) is 97.3 cm³/mol. The summed E-state index contributed by atoms with van der Waals surface area (Å²) in [5.74, 6) is 5.74. The van der Waals surface area contributed by atoms with Crippen LogP contribution in [0.4, 0.5) is 0 Å². The smallest absolute Gasteiger partial charge is 0.254 e. The molecule has 1 aliphatic heterocycles. The maximum absolute atomic E-state index is 12.6. The van der Waals surface area contributed by atoms with E-state index in [9.17, 15) is 4.79 Å². The highest BCUT2D eigenvalue weighted by Crippen LogP contribution is 2.33. The molecule has 0 atom stereocenters. The van der Waals surface area contributed by atoms with Crippen LogP contribution in [0.25, 0.3) is 22.2 Å². The number of aromatic nitrogens is 3. The standard InChI is InChI=1S/C19H16N6O/c1-11(7-20)9-24-10-16-13(4-3-5-14(16)19(24)26)17-6-15-12(2)23-25(21)18(15)8-22-17/h3-6,8H,1,9-10,21H2,2H3. The molecule has 3 heterocycles. The first-order valence-electron chi connectivity index (χ1n) is 8.09. The van der Waals surface area contributed by atoms with Crippen LogP contribution in [0.15, 0.2) is 42.6 Å². The van der Waals surface area contributed by atoms with Crippen LogP contribution in [0.3, 0.4) is 0 Å². The third kappa shape index (κ3) is 2.31. The summed E-state index contributed by atoms with van der Waals surface area (Å²) in [6, 6.07) is 9.53. The summed E-state index contributed by atoms with van der Waals surface area (Å²) in [6.07, 6.45) is 1.69. The van der Waals surface area contributed by atoms with Gasteiger partial charge in [-0.05, 0) is 24.6 Å². The Kier molecular flexibility index (Phi) is 3.48. The number of benzene rings is 1. The molecule has 3 aromatic rings. The van der Waals surface area contributed by atoms with Crippen molar-refractivity contribution >= 4 is 16.8 Å². The van der Waals surface area contributed by atoms with E-state index in [0.717, 1.165) is 33.4 Å². The zero-order valence-electron chi connectivity index (χ0n) is 14.2. The minimum atomic E-state index is -0.0923. The Labute approximate surface area is 149 Å². The third-order valence-corrected chi connectivity index (χ3v) is 4.64. The average molecular weight is 344 g/mol. The minimum absolute atomic E-state index is 0.0923. The van der Waals surface area contributed by atoms with Gasteiger partial charge < -0.3 is 10.7 Å². The number of pyridine rings is 1. The van der Waals surface area contributed by atoms with Crippen LogP contribution in [0.5, 0.6) is 0 Å². The zero-order chi connectivity index (χ0) is 18.4. The molecule has 128 valence electrons. The number of nitriles is 1. The number of aryl methyl sites for hydroxylation is 1. The Balaban J connectivity index is 1.80. The van der Waals surface area contributed by atoms with E-state index >= 15 is 0 Å². The van der Waals surface area contributed by atoms with Gasteiger partial charge in [0.2, 0.25) is 0 Å². The number of rotatable bonds is 3. The maximum Gasteiger partial charge on any atom is 0.254 e. The molecular weight excluding hydrogens is 328 g/mol. The van der Waals surface area contributed by atoms with Gasteiger partial charge in [0.1, 0.15) is 5.52 Å². The lowest BCUT2D eigenvalue weighted by Crippen LogP contribution is -2.25. The number of carbonyl (C=O) groups excluding carboxylic acids is 1. The van der Waals surface area contributed by atoms with E-state index in [-0.39, 0.29) is 12.5 Å². The number of fused-ring (bicyclic) bond motifs is 2. The third-order valence-electron chi connectivity index (χ3n) is 4.64. The number of hydrogen-bond acceptors (Lipinski definition) is 5. The molecule has 1 aromatic carbocycles. The lowest BCUT2D eigenvalue weighted by molar-refractivity contribution is 0.0794. The number of nitrogens with two attached hydrogens (primary N) is 1. The topological polar surface area (TPSA) is 101 Å². The first-order chi connectivity index (χ1) is 12.5. The predicted octanol–water partition coefficient (Wildman–Crippen LogP) is 2.16. The van der Waals surface area contributed by atoms with Gasteiger partial charge in [-0.2, -0.15) is 15.2 Å². The van der Waals surface area contributed by atoms with Crippen molar-refractivity contribution in [1.82, 2.24) is 19.8 Å². The lowest BCUT2D eigenvalue weighted by atomic mass is 9.99. The molecule has 7 heteroatoms. The summed E-state index contributed by atoms with van der Waals surface area (Å²) in [5.41, 5.74) is 5.14. The van der Waals surface area contributed by atoms with Gasteiger partial charge >= 0.3 is 0 Å². The van der Waals surface area contributed by atoms with Crippen LogP contribution in [0.2, 0.25) is 0 Å². The second-order valence-corrected chi connectivity index (χ2v) is 6.32. The lowest BCUT2D eigenvalue weighted by Gasteiger charge is -2.14. The van der Waals surface area contributed by atoms with Crippen LogP contribution in [0.1, 0.15) is 21.6 Å². The van der Waals surface area contributed by atoms with Crippen LogP contribution in [0, 0.1) is 18.3 Å². The minimum Gasteiger partial charge on any atom is -0.329 e. The first kappa shape index (κ1) is 15.8. The first-order valence-corrected chi connectivity index (χ1v) is 8.09. The van der Waals surface area contributed by atoms with E-state index in [1.165, 1.54) is 4.79 Å². The Morgan fingerprint density at radius 2 is 2.19 bits per heavy atom. The molecular formula is C19H16N6O. The Morgan fingerprint density at radius 3 is 2.96 bits per heavy atom. The van der Waals surface area contributed by atoms with Crippen LogP contribution >= 0.6 is 0 Å². The van der Waals surface area contributed by atoms with E-state index in [4.69, 9.17) is 11.1 Å². The van der Waals surface area contributed by atoms with Crippen LogP contribution in [-0.2, 0) is 6.54 Å². The van der Waals surface area contributed by atoms with Crippen molar-refractivity contribution in [2.75, 3.05) is 12.4 Å². The molecule has 26 heavy (non-hydrogen) atoms. The van der Waals surface area contributed by atoms with Gasteiger partial charge in [-0.1, -0.05) is 18.7 Å². The molecule has 0 saturated heterocycles. The molecule has 0 fully saturated rings. The summed E-state index contributed by atoms with van der Waals surface area (Å²) >= 11 is 0. The Morgan fingerprint density at radius 1 is 1.42 bits per heavy atom. The summed E-state index contributed by atoms with van der Waals surface area (Å²) in [7, 11) is 0. The fourth-order valence-corrected chi connectivity index (χ4v) is 3.36. The quantitative estimate of drug-likeness (QED) is 0.579. The summed E-state index contributed by atoms with van der Waals surface area (Å²) in [4.78, 5) is 20.1. The van der Waals surface area contributed by atoms with E-state index < -0.39 is 0 Å². The van der Waals surface area contributed by atoms with Gasteiger partial charge in [-0.25, -0.2) is 0 Å². The second kappa shape index (κ2) is 5.70. The van der Waals surface area contributed by atoms with E-state index in [2.05, 4.69) is 16.7 Å². The molecule has 4 rings (SSSR count). The summed E-state index contributed by atoms with van der Waals surface area (Å²) < 4.78 is 0. The molecule has 0 radical (unpaired) electrons. The van der Waals surface area contributed by atoms with E-state index in [1.54, 1.807) is 17.2 Å². The highest BCUT2D eigenvalue weighted by atomic mass is 16.2. The van der Waals surface area contributed by atoms with Gasteiger partial charge in [-0.15, -0.1) is 0 Å². The molecule has 1 amide bonds. The highest BCUT2D eigenvalue weighted by molar-refractivity contribution is 6.01. The number of nitrogens with zero attached hydrogens (tertiary/aromatic N) is 5. The van der Waals surface area contributed by atoms with E-state index in [0.29, 0.717) is 17.7 Å². The van der Waals surface area contributed by atoms with Crippen LogP contribution in [-0.4, -0.2) is 32.2 Å². The van der Waals surface area contributed by atoms with Gasteiger partial charge in [0.05, 0.1) is 30.2 Å². The van der Waals surface area contributed by atoms with Crippen LogP contribution < -0.4 is 5.84 Å². The largest absolute Gasteiger partial charge is 0.329 e. The summed E-state index contributed by atoms with van der Waals surface area (Å²) in [5, 5.41) is 14.1. The van der Waals surface area contributed by atoms with Crippen molar-refractivity contribution in [1.29, 1.82) is 5.26 Å². The maximum atomic E-state index is 12.6. The highest BCUT2D eigenvalue weighted by Gasteiger charge is 2.30. The number of nitrogen functional groups attached to an aromatic ring is 1. The molecule has 2 aromatic heterocycles. The number of hydrogen-bond donors (Lipinski definition) is 1. The summed E-state index contributed by atoms with van der Waals surface area (Å²) in [6.45, 7) is 6.23. The molecule has 7 nitrogen and oxygen atoms in total. The average Bonchev–Trinajstić information content (AvgIpc) is 3.11. The molecule has 2 N–H and O–H groups in total. The Hall–Kier alpha value is -3.66. The van der Waals surface area contributed by atoms with Gasteiger partial charge in [0, 0.05) is 28.6 Å². The van der Waals surface area contributed by atoms with Crippen molar-refractivity contribution in [2.24, 2.45) is 0 Å². The molecule has 0 bridgehead atoms. The normalized spacial score (nSPS) is 13.1. The van der Waals surface area contributed by atoms with Gasteiger partial charge in [-0.3, -0.25) is 9.78 Å². The van der Waals surface area contributed by atoms with Crippen molar-refractivity contribution in [2.45, 2.75) is 13.5 Å². The molecule has 0 spiro atoms. The monoisotopic (exact) mass is 344 g/mol. The molecule has 0 unspecified atom stereocenters. The van der Waals surface area contributed by atoms with Crippen molar-refractivity contribution < 1.29 is 4.79 Å². The fourth-order valence-electron chi connectivity index (χ4n) is 3.36. The number of amides is 1. The van der Waals surface area contributed by atoms with Crippen molar-refractivity contribution in [3.05, 3.63) is 59.4 Å². The molecule has 0 aliphatic carbocycles. The van der Waals surface area contributed by atoms with Gasteiger partial charge in [0.25, 0.3) is 5.91 Å². The SMILES string of the molecule is C=C(C#N)CN1Cc2c(cccc2-c2cc3c(C)nn(N)c3cn2)C1=O. The van der Waals surface area contributed by atoms with Crippen molar-refractivity contribution in [3.8, 4) is 17.3 Å². The molecule has 1 aliphatic rings. The molecule has 0 saturated carbocycles. The van der Waals surface area contributed by atoms with E-state index in [1.807, 2.05) is 31.2 Å². The van der Waals surface area contributed by atoms with Gasteiger partial charge in [0.15, 0.2) is 0 Å².